The third kappa shape index (κ3) is 5.31. The summed E-state index contributed by atoms with van der Waals surface area (Å²) in [6.45, 7) is 3.77. The molecule has 0 amide bonds. The maximum atomic E-state index is 9.82. The van der Waals surface area contributed by atoms with Gasteiger partial charge in [-0.25, -0.2) is 0 Å². The van der Waals surface area contributed by atoms with Crippen LogP contribution >= 0.6 is 0 Å². The van der Waals surface area contributed by atoms with Crippen LogP contribution in [0.25, 0.3) is 0 Å². The molecule has 0 aromatic heterocycles. The summed E-state index contributed by atoms with van der Waals surface area (Å²) in [5.41, 5.74) is 2.59. The number of hydrogen-bond acceptors (Lipinski definition) is 3. The van der Waals surface area contributed by atoms with E-state index in [1.165, 1.54) is 11.1 Å². The van der Waals surface area contributed by atoms with Crippen molar-refractivity contribution in [1.82, 2.24) is 0 Å². The monoisotopic (exact) mass is 266 g/mol. The molecule has 0 saturated heterocycles. The average molecular weight is 266 g/mol. The average Bonchev–Trinajstić information content (AvgIpc) is 2.46. The molecule has 3 atom stereocenters. The van der Waals surface area contributed by atoms with Crippen LogP contribution < -0.4 is 0 Å². The van der Waals surface area contributed by atoms with Crippen molar-refractivity contribution in [2.24, 2.45) is 5.92 Å². The summed E-state index contributed by atoms with van der Waals surface area (Å²) < 4.78 is 0. The summed E-state index contributed by atoms with van der Waals surface area (Å²) in [7, 11) is 0. The fraction of sp³-hybridized carbons (Fsp3) is 0.625. The zero-order valence-corrected chi connectivity index (χ0v) is 11.9. The molecule has 1 aromatic rings. The summed E-state index contributed by atoms with van der Waals surface area (Å²) in [5.74, 6) is -0.279. The van der Waals surface area contributed by atoms with Gasteiger partial charge in [-0.2, -0.15) is 0 Å². The zero-order chi connectivity index (χ0) is 14.3. The molecule has 3 N–H and O–H groups in total. The Hall–Kier alpha value is -0.900. The number of rotatable bonds is 8. The first kappa shape index (κ1) is 16.2. The third-order valence-electron chi connectivity index (χ3n) is 3.66. The normalized spacial score (nSPS) is 16.1. The minimum atomic E-state index is -0.840. The van der Waals surface area contributed by atoms with Crippen molar-refractivity contribution in [3.63, 3.8) is 0 Å². The van der Waals surface area contributed by atoms with Crippen molar-refractivity contribution in [3.05, 3.63) is 35.4 Å². The van der Waals surface area contributed by atoms with E-state index in [0.29, 0.717) is 6.42 Å². The largest absolute Gasteiger partial charge is 0.396 e. The van der Waals surface area contributed by atoms with E-state index in [-0.39, 0.29) is 12.5 Å². The first-order chi connectivity index (χ1) is 9.08. The Kier molecular flexibility index (Phi) is 7.06. The minimum Gasteiger partial charge on any atom is -0.396 e. The fourth-order valence-corrected chi connectivity index (χ4v) is 2.11. The summed E-state index contributed by atoms with van der Waals surface area (Å²) in [5, 5.41) is 28.5. The van der Waals surface area contributed by atoms with Crippen molar-refractivity contribution in [3.8, 4) is 0 Å². The van der Waals surface area contributed by atoms with Crippen LogP contribution in [0, 0.1) is 5.92 Å². The van der Waals surface area contributed by atoms with Crippen LogP contribution in [0.1, 0.15) is 37.8 Å². The van der Waals surface area contributed by atoms with Crippen LogP contribution in [-0.2, 0) is 12.8 Å². The smallest absolute Gasteiger partial charge is 0.0846 e. The van der Waals surface area contributed by atoms with Gasteiger partial charge in [0.1, 0.15) is 0 Å². The molecule has 1 aromatic carbocycles. The highest BCUT2D eigenvalue weighted by atomic mass is 16.3. The number of aliphatic hydroxyl groups excluding tert-OH is 3. The highest BCUT2D eigenvalue weighted by Crippen LogP contribution is 2.14. The van der Waals surface area contributed by atoms with Crippen LogP contribution in [-0.4, -0.2) is 34.1 Å². The second-order valence-corrected chi connectivity index (χ2v) is 5.28. The second kappa shape index (κ2) is 8.31. The van der Waals surface area contributed by atoms with E-state index in [1.807, 2.05) is 0 Å². The molecule has 0 heterocycles. The highest BCUT2D eigenvalue weighted by Gasteiger charge is 2.21. The predicted octanol–water partition coefficient (Wildman–Crippen LogP) is 1.92. The Labute approximate surface area is 115 Å². The quantitative estimate of drug-likeness (QED) is 0.673. The molecule has 0 aliphatic carbocycles. The second-order valence-electron chi connectivity index (χ2n) is 5.28. The van der Waals surface area contributed by atoms with E-state index in [0.717, 1.165) is 19.3 Å². The summed E-state index contributed by atoms with van der Waals surface area (Å²) >= 11 is 0. The Morgan fingerprint density at radius 1 is 1.05 bits per heavy atom. The molecule has 3 unspecified atom stereocenters. The van der Waals surface area contributed by atoms with Gasteiger partial charge < -0.3 is 15.3 Å². The maximum absolute atomic E-state index is 9.82. The standard InChI is InChI=1S/C16H26O3/c1-3-13-7-9-14(10-8-13)5-4-6-15(18)16(19)12(2)11-17/h7-10,12,15-19H,3-6,11H2,1-2H3. The lowest BCUT2D eigenvalue weighted by atomic mass is 9.96. The van der Waals surface area contributed by atoms with Gasteiger partial charge in [0.2, 0.25) is 0 Å². The van der Waals surface area contributed by atoms with Crippen LogP contribution in [0.2, 0.25) is 0 Å². The number of hydrogen-bond donors (Lipinski definition) is 3. The molecule has 0 fully saturated rings. The Morgan fingerprint density at radius 2 is 1.63 bits per heavy atom. The van der Waals surface area contributed by atoms with E-state index < -0.39 is 12.2 Å². The Bertz CT molecular complexity index is 348. The van der Waals surface area contributed by atoms with Gasteiger partial charge in [-0.15, -0.1) is 0 Å². The molecule has 3 heteroatoms. The highest BCUT2D eigenvalue weighted by molar-refractivity contribution is 5.22. The fourth-order valence-electron chi connectivity index (χ4n) is 2.11. The maximum Gasteiger partial charge on any atom is 0.0846 e. The summed E-state index contributed by atoms with van der Waals surface area (Å²) in [6, 6.07) is 8.51. The Balaban J connectivity index is 2.32. The third-order valence-corrected chi connectivity index (χ3v) is 3.66. The lowest BCUT2D eigenvalue weighted by Gasteiger charge is -2.22. The van der Waals surface area contributed by atoms with Gasteiger partial charge in [0.15, 0.2) is 0 Å². The lowest BCUT2D eigenvalue weighted by Crippen LogP contribution is -2.33. The van der Waals surface area contributed by atoms with E-state index in [2.05, 4.69) is 31.2 Å². The minimum absolute atomic E-state index is 0.100. The van der Waals surface area contributed by atoms with Gasteiger partial charge in [-0.05, 0) is 36.8 Å². The molecule has 0 saturated carbocycles. The molecule has 0 radical (unpaired) electrons. The predicted molar refractivity (Wildman–Crippen MR) is 77.0 cm³/mol. The van der Waals surface area contributed by atoms with Crippen LogP contribution in [0.4, 0.5) is 0 Å². The van der Waals surface area contributed by atoms with Crippen molar-refractivity contribution in [2.45, 2.75) is 51.7 Å². The summed E-state index contributed by atoms with van der Waals surface area (Å²) in [6.07, 6.45) is 1.75. The zero-order valence-electron chi connectivity index (χ0n) is 11.9. The van der Waals surface area contributed by atoms with Crippen LogP contribution in [0.15, 0.2) is 24.3 Å². The molecule has 1 rings (SSSR count). The number of aryl methyl sites for hydroxylation is 2. The van der Waals surface area contributed by atoms with Crippen molar-refractivity contribution in [1.29, 1.82) is 0 Å². The lowest BCUT2D eigenvalue weighted by molar-refractivity contribution is -0.0307. The van der Waals surface area contributed by atoms with E-state index >= 15 is 0 Å². The van der Waals surface area contributed by atoms with E-state index in [4.69, 9.17) is 5.11 Å². The van der Waals surface area contributed by atoms with Gasteiger partial charge in [-0.1, -0.05) is 38.1 Å². The van der Waals surface area contributed by atoms with Gasteiger partial charge in [0, 0.05) is 12.5 Å². The molecule has 0 spiro atoms. The molecule has 19 heavy (non-hydrogen) atoms. The van der Waals surface area contributed by atoms with Gasteiger partial charge in [0.05, 0.1) is 12.2 Å². The van der Waals surface area contributed by atoms with E-state index in [1.54, 1.807) is 6.92 Å². The molecule has 108 valence electrons. The van der Waals surface area contributed by atoms with Gasteiger partial charge in [-0.3, -0.25) is 0 Å². The molecule has 0 bridgehead atoms. The van der Waals surface area contributed by atoms with Crippen molar-refractivity contribution >= 4 is 0 Å². The van der Waals surface area contributed by atoms with Crippen molar-refractivity contribution in [2.75, 3.05) is 6.61 Å². The molecule has 0 aliphatic heterocycles. The topological polar surface area (TPSA) is 60.7 Å². The Morgan fingerprint density at radius 3 is 2.16 bits per heavy atom. The van der Waals surface area contributed by atoms with Crippen LogP contribution in [0.5, 0.6) is 0 Å². The molecule has 0 aliphatic rings. The number of benzene rings is 1. The molecular formula is C16H26O3. The summed E-state index contributed by atoms with van der Waals surface area (Å²) in [4.78, 5) is 0. The van der Waals surface area contributed by atoms with E-state index in [9.17, 15) is 10.2 Å². The first-order valence-electron chi connectivity index (χ1n) is 7.13. The van der Waals surface area contributed by atoms with Gasteiger partial charge >= 0.3 is 0 Å². The first-order valence-corrected chi connectivity index (χ1v) is 7.13. The number of aliphatic hydroxyl groups is 3. The van der Waals surface area contributed by atoms with Crippen LogP contribution in [0.3, 0.4) is 0 Å². The van der Waals surface area contributed by atoms with Gasteiger partial charge in [0.25, 0.3) is 0 Å². The van der Waals surface area contributed by atoms with Crippen molar-refractivity contribution < 1.29 is 15.3 Å². The SMILES string of the molecule is CCc1ccc(CCCC(O)C(O)C(C)CO)cc1. The molecule has 3 nitrogen and oxygen atoms in total. The molecular weight excluding hydrogens is 240 g/mol.